The molecule has 1 saturated heterocycles. The quantitative estimate of drug-likeness (QED) is 0.714. The van der Waals surface area contributed by atoms with Crippen molar-refractivity contribution < 1.29 is 13.2 Å². The van der Waals surface area contributed by atoms with Crippen LogP contribution in [0.4, 0.5) is 0 Å². The van der Waals surface area contributed by atoms with Gasteiger partial charge in [0.05, 0.1) is 11.6 Å². The number of rotatable bonds is 6. The Morgan fingerprint density at radius 1 is 1.17 bits per heavy atom. The molecular weight excluding hydrogens is 408 g/mol. The van der Waals surface area contributed by atoms with Crippen LogP contribution < -0.4 is 5.32 Å². The molecule has 0 aliphatic carbocycles. The lowest BCUT2D eigenvalue weighted by molar-refractivity contribution is 0.0958. The minimum absolute atomic E-state index is 0.0472. The van der Waals surface area contributed by atoms with Gasteiger partial charge in [-0.2, -0.15) is 4.31 Å². The minimum atomic E-state index is -3.78. The van der Waals surface area contributed by atoms with E-state index in [1.165, 1.54) is 28.1 Å². The fourth-order valence-corrected chi connectivity index (χ4v) is 5.49. The van der Waals surface area contributed by atoms with Gasteiger partial charge < -0.3 is 5.32 Å². The van der Waals surface area contributed by atoms with Crippen LogP contribution in [-0.2, 0) is 16.4 Å². The van der Waals surface area contributed by atoms with Gasteiger partial charge in [-0.1, -0.05) is 47.9 Å². The van der Waals surface area contributed by atoms with E-state index in [1.807, 2.05) is 18.2 Å². The number of piperidine rings is 1. The summed E-state index contributed by atoms with van der Waals surface area (Å²) in [4.78, 5) is 12.1. The second-order valence-corrected chi connectivity index (χ2v) is 9.38. The molecule has 1 aliphatic heterocycles. The molecule has 1 heterocycles. The van der Waals surface area contributed by atoms with Crippen molar-refractivity contribution in [2.24, 2.45) is 5.92 Å². The van der Waals surface area contributed by atoms with Crippen molar-refractivity contribution in [3.05, 3.63) is 64.7 Å². The molecule has 2 aromatic rings. The van der Waals surface area contributed by atoms with Crippen molar-refractivity contribution in [2.45, 2.75) is 24.2 Å². The van der Waals surface area contributed by atoms with Crippen LogP contribution in [0.5, 0.6) is 0 Å². The molecule has 29 heavy (non-hydrogen) atoms. The van der Waals surface area contributed by atoms with Gasteiger partial charge in [0.15, 0.2) is 0 Å². The third-order valence-electron chi connectivity index (χ3n) is 5.10. The second-order valence-electron chi connectivity index (χ2n) is 7.07. The fourth-order valence-electron chi connectivity index (χ4n) is 3.52. The summed E-state index contributed by atoms with van der Waals surface area (Å²) in [6, 6.07) is 14.5. The van der Waals surface area contributed by atoms with Crippen LogP contribution in [0, 0.1) is 18.3 Å². The molecule has 7 heteroatoms. The monoisotopic (exact) mass is 430 g/mol. The highest BCUT2D eigenvalue weighted by Crippen LogP contribution is 2.30. The summed E-state index contributed by atoms with van der Waals surface area (Å²) in [5.74, 6) is 2.33. The van der Waals surface area contributed by atoms with Gasteiger partial charge in [0, 0.05) is 18.7 Å². The standard InChI is InChI=1S/C22H23ClN2O3S/c1-2-12-24-22(26)19-8-9-20(23)21(16-19)29(27,28)25-13-10-18(11-14-25)15-17-6-4-3-5-7-17/h1,3-9,16,18H,10-15H2,(H,24,26). The van der Waals surface area contributed by atoms with Gasteiger partial charge in [-0.05, 0) is 48.9 Å². The SMILES string of the molecule is C#CCNC(=O)c1ccc(Cl)c(S(=O)(=O)N2CCC(Cc3ccccc3)CC2)c1. The van der Waals surface area contributed by atoms with Crippen LogP contribution in [0.3, 0.4) is 0 Å². The average Bonchev–Trinajstić information content (AvgIpc) is 2.73. The Hall–Kier alpha value is -2.33. The normalized spacial score (nSPS) is 15.6. The zero-order chi connectivity index (χ0) is 20.9. The summed E-state index contributed by atoms with van der Waals surface area (Å²) in [6.45, 7) is 0.936. The predicted octanol–water partition coefficient (Wildman–Crippen LogP) is 3.35. The van der Waals surface area contributed by atoms with Crippen LogP contribution in [-0.4, -0.2) is 38.3 Å². The number of halogens is 1. The van der Waals surface area contributed by atoms with Gasteiger partial charge in [-0.15, -0.1) is 6.42 Å². The van der Waals surface area contributed by atoms with Crippen LogP contribution in [0.2, 0.25) is 5.02 Å². The minimum Gasteiger partial charge on any atom is -0.341 e. The van der Waals surface area contributed by atoms with E-state index in [-0.39, 0.29) is 22.0 Å². The molecule has 0 unspecified atom stereocenters. The van der Waals surface area contributed by atoms with E-state index in [4.69, 9.17) is 18.0 Å². The number of carbonyl (C=O) groups excluding carboxylic acids is 1. The van der Waals surface area contributed by atoms with Crippen molar-refractivity contribution in [2.75, 3.05) is 19.6 Å². The number of sulfonamides is 1. The largest absolute Gasteiger partial charge is 0.341 e. The Labute approximate surface area is 177 Å². The first-order valence-electron chi connectivity index (χ1n) is 9.47. The summed E-state index contributed by atoms with van der Waals surface area (Å²) in [5, 5.41) is 2.63. The molecule has 2 aromatic carbocycles. The molecular formula is C22H23ClN2O3S. The fraction of sp³-hybridized carbons (Fsp3) is 0.318. The Morgan fingerprint density at radius 3 is 2.52 bits per heavy atom. The Kier molecular flexibility index (Phi) is 6.96. The van der Waals surface area contributed by atoms with Crippen molar-refractivity contribution in [1.82, 2.24) is 9.62 Å². The number of terminal acetylenes is 1. The number of hydrogen-bond acceptors (Lipinski definition) is 3. The molecule has 0 bridgehead atoms. The van der Waals surface area contributed by atoms with Gasteiger partial charge >= 0.3 is 0 Å². The van der Waals surface area contributed by atoms with Crippen molar-refractivity contribution in [1.29, 1.82) is 0 Å². The first-order chi connectivity index (χ1) is 13.9. The molecule has 3 rings (SSSR count). The zero-order valence-electron chi connectivity index (χ0n) is 16.0. The topological polar surface area (TPSA) is 66.5 Å². The van der Waals surface area contributed by atoms with Crippen LogP contribution in [0.25, 0.3) is 0 Å². The van der Waals surface area contributed by atoms with Gasteiger partial charge in [0.1, 0.15) is 4.90 Å². The summed E-state index contributed by atoms with van der Waals surface area (Å²) in [5.41, 5.74) is 1.48. The number of amides is 1. The third-order valence-corrected chi connectivity index (χ3v) is 7.48. The first-order valence-corrected chi connectivity index (χ1v) is 11.3. The van der Waals surface area contributed by atoms with E-state index >= 15 is 0 Å². The molecule has 0 atom stereocenters. The second kappa shape index (κ2) is 9.45. The van der Waals surface area contributed by atoms with Crippen LogP contribution in [0.1, 0.15) is 28.8 Å². The molecule has 0 radical (unpaired) electrons. The maximum atomic E-state index is 13.1. The van der Waals surface area contributed by atoms with E-state index in [0.29, 0.717) is 19.0 Å². The summed E-state index contributed by atoms with van der Waals surface area (Å²) in [7, 11) is -3.78. The van der Waals surface area contributed by atoms with E-state index in [0.717, 1.165) is 19.3 Å². The average molecular weight is 431 g/mol. The van der Waals surface area contributed by atoms with E-state index in [9.17, 15) is 13.2 Å². The van der Waals surface area contributed by atoms with Gasteiger partial charge in [-0.3, -0.25) is 4.79 Å². The number of nitrogens with zero attached hydrogens (tertiary/aromatic N) is 1. The smallest absolute Gasteiger partial charge is 0.252 e. The molecule has 152 valence electrons. The van der Waals surface area contributed by atoms with E-state index < -0.39 is 15.9 Å². The summed E-state index contributed by atoms with van der Waals surface area (Å²) < 4.78 is 27.7. The Balaban J connectivity index is 1.71. The summed E-state index contributed by atoms with van der Waals surface area (Å²) in [6.07, 6.45) is 7.66. The number of benzene rings is 2. The molecule has 1 amide bonds. The van der Waals surface area contributed by atoms with Crippen LogP contribution in [0.15, 0.2) is 53.4 Å². The molecule has 1 fully saturated rings. The van der Waals surface area contributed by atoms with Crippen LogP contribution >= 0.6 is 11.6 Å². The van der Waals surface area contributed by atoms with Gasteiger partial charge in [-0.25, -0.2) is 8.42 Å². The maximum absolute atomic E-state index is 13.1. The number of hydrogen-bond donors (Lipinski definition) is 1. The molecule has 0 aromatic heterocycles. The zero-order valence-corrected chi connectivity index (χ0v) is 17.5. The first kappa shape index (κ1) is 21.4. The lowest BCUT2D eigenvalue weighted by Crippen LogP contribution is -2.39. The summed E-state index contributed by atoms with van der Waals surface area (Å²) >= 11 is 6.18. The molecule has 5 nitrogen and oxygen atoms in total. The molecule has 1 N–H and O–H groups in total. The van der Waals surface area contributed by atoms with Crippen molar-refractivity contribution in [3.63, 3.8) is 0 Å². The molecule has 0 saturated carbocycles. The molecule has 0 spiro atoms. The van der Waals surface area contributed by atoms with Gasteiger partial charge in [0.2, 0.25) is 10.0 Å². The highest BCUT2D eigenvalue weighted by molar-refractivity contribution is 7.89. The lowest BCUT2D eigenvalue weighted by atomic mass is 9.91. The maximum Gasteiger partial charge on any atom is 0.252 e. The number of carbonyl (C=O) groups is 1. The highest BCUT2D eigenvalue weighted by atomic mass is 35.5. The van der Waals surface area contributed by atoms with Gasteiger partial charge in [0.25, 0.3) is 5.91 Å². The van der Waals surface area contributed by atoms with E-state index in [1.54, 1.807) is 0 Å². The van der Waals surface area contributed by atoms with Crippen molar-refractivity contribution >= 4 is 27.5 Å². The number of nitrogens with one attached hydrogen (secondary N) is 1. The van der Waals surface area contributed by atoms with E-state index in [2.05, 4.69) is 23.4 Å². The molecule has 1 aliphatic rings. The predicted molar refractivity (Wildman–Crippen MR) is 114 cm³/mol. The Bertz CT molecular complexity index is 1010. The third kappa shape index (κ3) is 5.18. The lowest BCUT2D eigenvalue weighted by Gasteiger charge is -2.31. The Morgan fingerprint density at radius 2 is 1.86 bits per heavy atom. The highest BCUT2D eigenvalue weighted by Gasteiger charge is 2.31. The van der Waals surface area contributed by atoms with Crippen molar-refractivity contribution in [3.8, 4) is 12.3 Å².